The van der Waals surface area contributed by atoms with Crippen molar-refractivity contribution < 1.29 is 19.2 Å². The molecule has 0 radical (unpaired) electrons. The number of hydrogen-bond donors (Lipinski definition) is 2. The number of nitrogens with zero attached hydrogens (tertiary/aromatic N) is 1. The molecular weight excluding hydrogens is 255 g/mol. The Morgan fingerprint density at radius 1 is 1.53 bits per heavy atom. The van der Waals surface area contributed by atoms with E-state index in [-0.39, 0.29) is 11.3 Å². The van der Waals surface area contributed by atoms with Crippen LogP contribution in [0.25, 0.3) is 0 Å². The molecule has 0 fully saturated rings. The lowest BCUT2D eigenvalue weighted by molar-refractivity contribution is -0.387. The summed E-state index contributed by atoms with van der Waals surface area (Å²) in [7, 11) is 0. The summed E-state index contributed by atoms with van der Waals surface area (Å²) in [5, 5.41) is 19.5. The third-order valence-corrected chi connectivity index (χ3v) is 2.36. The molecule has 1 aromatic carbocycles. The number of anilines is 1. The quantitative estimate of drug-likeness (QED) is 0.367. The van der Waals surface area contributed by atoms with Crippen molar-refractivity contribution in [2.45, 2.75) is 13.8 Å². The van der Waals surface area contributed by atoms with Gasteiger partial charge in [0.25, 0.3) is 0 Å². The zero-order valence-electron chi connectivity index (χ0n) is 10.2. The maximum atomic E-state index is 13.2. The van der Waals surface area contributed by atoms with Gasteiger partial charge in [-0.25, -0.2) is 0 Å². The third kappa shape index (κ3) is 3.19. The number of aliphatic carboxylic acids is 1. The van der Waals surface area contributed by atoms with E-state index in [0.717, 1.165) is 12.1 Å². The summed E-state index contributed by atoms with van der Waals surface area (Å²) >= 11 is 0. The van der Waals surface area contributed by atoms with E-state index in [9.17, 15) is 19.3 Å². The first-order valence-electron chi connectivity index (χ1n) is 5.15. The first-order valence-corrected chi connectivity index (χ1v) is 5.15. The lowest BCUT2D eigenvalue weighted by Gasteiger charge is -2.09. The average Bonchev–Trinajstić information content (AvgIpc) is 2.27. The molecule has 0 aliphatic rings. The monoisotopic (exact) mass is 266 g/mol. The predicted octanol–water partition coefficient (Wildman–Crippen LogP) is 1.78. The first-order chi connectivity index (χ1) is 8.65. The molecule has 1 rings (SSSR count). The molecule has 19 heavy (non-hydrogen) atoms. The minimum atomic E-state index is -1.34. The van der Waals surface area contributed by atoms with Crippen LogP contribution in [0.3, 0.4) is 0 Å². The number of carbonyl (C=O) groups is 1. The average molecular weight is 266 g/mol. The maximum Gasteiger partial charge on any atom is 0.321 e. The van der Waals surface area contributed by atoms with E-state index in [4.69, 9.17) is 10.8 Å². The Morgan fingerprint density at radius 3 is 2.58 bits per heavy atom. The standard InChI is InChI=1S/C12H11FN2O4/c1-12(2,11(16)17)4-3-7-5-10(15(18)19)8(13)6-9(7)14/h5-6H,14H2,1-2H3,(H,16,17). The van der Waals surface area contributed by atoms with Crippen molar-refractivity contribution in [2.75, 3.05) is 5.73 Å². The van der Waals surface area contributed by atoms with Gasteiger partial charge in [-0.15, -0.1) is 0 Å². The van der Waals surface area contributed by atoms with Gasteiger partial charge in [-0.05, 0) is 13.8 Å². The minimum Gasteiger partial charge on any atom is -0.480 e. The number of hydrogen-bond acceptors (Lipinski definition) is 4. The molecule has 1 aromatic rings. The van der Waals surface area contributed by atoms with E-state index < -0.39 is 27.8 Å². The summed E-state index contributed by atoms with van der Waals surface area (Å²) in [5.74, 6) is 2.65. The lowest BCUT2D eigenvalue weighted by Crippen LogP contribution is -2.21. The molecule has 0 spiro atoms. The van der Waals surface area contributed by atoms with Crippen LogP contribution in [0.15, 0.2) is 12.1 Å². The Bertz CT molecular complexity index is 614. The van der Waals surface area contributed by atoms with Crippen molar-refractivity contribution in [3.8, 4) is 11.8 Å². The van der Waals surface area contributed by atoms with E-state index in [0.29, 0.717) is 0 Å². The molecule has 0 heterocycles. The van der Waals surface area contributed by atoms with Crippen molar-refractivity contribution in [3.05, 3.63) is 33.6 Å². The van der Waals surface area contributed by atoms with Crippen LogP contribution in [-0.4, -0.2) is 16.0 Å². The van der Waals surface area contributed by atoms with Crippen molar-refractivity contribution in [1.29, 1.82) is 0 Å². The van der Waals surface area contributed by atoms with Gasteiger partial charge in [-0.3, -0.25) is 14.9 Å². The van der Waals surface area contributed by atoms with Crippen molar-refractivity contribution in [2.24, 2.45) is 5.41 Å². The number of nitrogens with two attached hydrogens (primary N) is 1. The maximum absolute atomic E-state index is 13.2. The van der Waals surface area contributed by atoms with Gasteiger partial charge in [0.15, 0.2) is 0 Å². The van der Waals surface area contributed by atoms with Gasteiger partial charge >= 0.3 is 11.7 Å². The molecular formula is C12H11FN2O4. The van der Waals surface area contributed by atoms with Gasteiger partial charge in [-0.2, -0.15) is 4.39 Å². The zero-order chi connectivity index (χ0) is 14.8. The Labute approximate surface area is 108 Å². The number of carboxylic acids is 1. The number of benzene rings is 1. The van der Waals surface area contributed by atoms with Crippen LogP contribution >= 0.6 is 0 Å². The molecule has 0 saturated carbocycles. The van der Waals surface area contributed by atoms with Gasteiger partial charge in [0.05, 0.1) is 16.2 Å². The molecule has 3 N–H and O–H groups in total. The van der Waals surface area contributed by atoms with E-state index in [2.05, 4.69) is 11.8 Å². The third-order valence-electron chi connectivity index (χ3n) is 2.36. The largest absolute Gasteiger partial charge is 0.480 e. The molecule has 0 aliphatic carbocycles. The summed E-state index contributed by atoms with van der Waals surface area (Å²) in [5.41, 5.74) is 3.32. The topological polar surface area (TPSA) is 106 Å². The highest BCUT2D eigenvalue weighted by atomic mass is 19.1. The molecule has 7 heteroatoms. The number of nitrogen functional groups attached to an aromatic ring is 1. The second-order valence-corrected chi connectivity index (χ2v) is 4.33. The highest BCUT2D eigenvalue weighted by molar-refractivity contribution is 5.78. The number of halogens is 1. The normalized spacial score (nSPS) is 10.5. The Balaban J connectivity index is 3.31. The number of nitro benzene ring substituents is 1. The van der Waals surface area contributed by atoms with Crippen LogP contribution < -0.4 is 5.73 Å². The minimum absolute atomic E-state index is 0.0161. The Hall–Kier alpha value is -2.62. The fourth-order valence-corrected chi connectivity index (χ4v) is 1.10. The molecule has 0 saturated heterocycles. The molecule has 0 aromatic heterocycles. The van der Waals surface area contributed by atoms with Crippen LogP contribution in [0.1, 0.15) is 19.4 Å². The van der Waals surface area contributed by atoms with Gasteiger partial charge in [0.1, 0.15) is 5.41 Å². The van der Waals surface area contributed by atoms with Crippen LogP contribution in [0.2, 0.25) is 0 Å². The van der Waals surface area contributed by atoms with Crippen molar-refractivity contribution in [1.82, 2.24) is 0 Å². The molecule has 0 amide bonds. The van der Waals surface area contributed by atoms with Gasteiger partial charge in [0.2, 0.25) is 5.82 Å². The summed E-state index contributed by atoms with van der Waals surface area (Å²) in [6.07, 6.45) is 0. The number of carboxylic acid groups (broad SMARTS) is 1. The van der Waals surface area contributed by atoms with Gasteiger partial charge in [0, 0.05) is 12.1 Å². The highest BCUT2D eigenvalue weighted by Crippen LogP contribution is 2.24. The molecule has 100 valence electrons. The van der Waals surface area contributed by atoms with E-state index >= 15 is 0 Å². The fraction of sp³-hybridized carbons (Fsp3) is 0.250. The second-order valence-electron chi connectivity index (χ2n) is 4.33. The first kappa shape index (κ1) is 14.4. The summed E-state index contributed by atoms with van der Waals surface area (Å²) in [4.78, 5) is 20.5. The summed E-state index contributed by atoms with van der Waals surface area (Å²) in [6.45, 7) is 2.74. The SMILES string of the molecule is CC(C)(C#Cc1cc([N+](=O)[O-])c(F)cc1N)C(=O)O. The predicted molar refractivity (Wildman–Crippen MR) is 65.8 cm³/mol. The number of nitro groups is 1. The molecule has 0 bridgehead atoms. The van der Waals surface area contributed by atoms with Crippen LogP contribution in [-0.2, 0) is 4.79 Å². The van der Waals surface area contributed by atoms with Crippen LogP contribution in [0.5, 0.6) is 0 Å². The number of rotatable bonds is 2. The molecule has 6 nitrogen and oxygen atoms in total. The van der Waals surface area contributed by atoms with E-state index in [1.807, 2.05) is 0 Å². The van der Waals surface area contributed by atoms with Gasteiger partial charge < -0.3 is 10.8 Å². The van der Waals surface area contributed by atoms with Crippen molar-refractivity contribution in [3.63, 3.8) is 0 Å². The molecule has 0 aliphatic heterocycles. The Kier molecular flexibility index (Phi) is 3.75. The smallest absolute Gasteiger partial charge is 0.321 e. The Morgan fingerprint density at radius 2 is 2.11 bits per heavy atom. The summed E-state index contributed by atoms with van der Waals surface area (Å²) < 4.78 is 13.2. The van der Waals surface area contributed by atoms with E-state index in [1.54, 1.807) is 0 Å². The van der Waals surface area contributed by atoms with Crippen molar-refractivity contribution >= 4 is 17.3 Å². The van der Waals surface area contributed by atoms with Crippen LogP contribution in [0.4, 0.5) is 15.8 Å². The second kappa shape index (κ2) is 4.94. The lowest BCUT2D eigenvalue weighted by atomic mass is 9.94. The van der Waals surface area contributed by atoms with Gasteiger partial charge in [-0.1, -0.05) is 11.8 Å². The highest BCUT2D eigenvalue weighted by Gasteiger charge is 2.24. The molecule has 0 atom stereocenters. The summed E-state index contributed by atoms with van der Waals surface area (Å²) in [6, 6.07) is 1.67. The van der Waals surface area contributed by atoms with Crippen LogP contribution in [0, 0.1) is 33.2 Å². The van der Waals surface area contributed by atoms with E-state index in [1.165, 1.54) is 13.8 Å². The zero-order valence-corrected chi connectivity index (χ0v) is 10.2. The fourth-order valence-electron chi connectivity index (χ4n) is 1.10. The molecule has 0 unspecified atom stereocenters.